The lowest BCUT2D eigenvalue weighted by atomic mass is 10.4. The molecule has 0 aliphatic heterocycles. The van der Waals surface area contributed by atoms with Gasteiger partial charge in [-0.05, 0) is 12.8 Å². The number of rotatable bonds is 1. The van der Waals surface area contributed by atoms with Gasteiger partial charge in [0, 0.05) is 13.2 Å². The van der Waals surface area contributed by atoms with Gasteiger partial charge in [-0.3, -0.25) is 9.89 Å². The monoisotopic (exact) mass is 163 g/mol. The Hall–Kier alpha value is -1.76. The summed E-state index contributed by atoms with van der Waals surface area (Å²) in [5.41, 5.74) is 0.711. The van der Waals surface area contributed by atoms with Crippen molar-refractivity contribution < 1.29 is 4.79 Å². The number of hydrogen-bond donors (Lipinski definition) is 1. The van der Waals surface area contributed by atoms with Crippen LogP contribution in [-0.4, -0.2) is 23.2 Å². The largest absolute Gasteiger partial charge is 0.302 e. The number of anilines is 1. The molecule has 1 amide bonds. The maximum absolute atomic E-state index is 11.2. The van der Waals surface area contributed by atoms with E-state index in [-0.39, 0.29) is 5.91 Å². The highest BCUT2D eigenvalue weighted by Gasteiger charge is 2.07. The van der Waals surface area contributed by atoms with E-state index in [1.54, 1.807) is 26.4 Å². The smallest absolute Gasteiger partial charge is 0.302 e. The Balaban J connectivity index is 2.76. The molecule has 0 unspecified atom stereocenters. The molecule has 1 aromatic rings. The lowest BCUT2D eigenvalue weighted by molar-refractivity contribution is -0.113. The third-order valence-corrected chi connectivity index (χ3v) is 1.41. The van der Waals surface area contributed by atoms with Gasteiger partial charge in [0.05, 0.1) is 11.9 Å². The maximum atomic E-state index is 11.2. The van der Waals surface area contributed by atoms with Gasteiger partial charge in [0.15, 0.2) is 0 Å². The Kier molecular flexibility index (Phi) is 2.49. The van der Waals surface area contributed by atoms with Gasteiger partial charge < -0.3 is 4.90 Å². The molecule has 0 saturated carbocycles. The van der Waals surface area contributed by atoms with Gasteiger partial charge in [-0.15, -0.1) is 0 Å². The van der Waals surface area contributed by atoms with Crippen LogP contribution in [0.3, 0.4) is 0 Å². The second-order valence-electron chi connectivity index (χ2n) is 2.20. The molecular weight excluding hydrogens is 154 g/mol. The van der Waals surface area contributed by atoms with E-state index in [2.05, 4.69) is 22.0 Å². The molecule has 4 nitrogen and oxygen atoms in total. The summed E-state index contributed by atoms with van der Waals surface area (Å²) in [6.07, 6.45) is 3.20. The fourth-order valence-corrected chi connectivity index (χ4v) is 0.736. The molecule has 1 N–H and O–H groups in total. The van der Waals surface area contributed by atoms with Crippen LogP contribution in [0, 0.1) is 11.8 Å². The predicted molar refractivity (Wildman–Crippen MR) is 45.4 cm³/mol. The lowest BCUT2D eigenvalue weighted by Gasteiger charge is -2.09. The summed E-state index contributed by atoms with van der Waals surface area (Å²) >= 11 is 0. The molecule has 0 spiro atoms. The third kappa shape index (κ3) is 1.64. The molecule has 0 fully saturated rings. The quantitative estimate of drug-likeness (QED) is 0.609. The van der Waals surface area contributed by atoms with Crippen molar-refractivity contribution in [1.82, 2.24) is 10.2 Å². The van der Waals surface area contributed by atoms with E-state index in [0.29, 0.717) is 5.69 Å². The van der Waals surface area contributed by atoms with Crippen molar-refractivity contribution in [3.05, 3.63) is 12.4 Å². The van der Waals surface area contributed by atoms with E-state index >= 15 is 0 Å². The predicted octanol–water partition coefficient (Wildman–Crippen LogP) is 0.396. The van der Waals surface area contributed by atoms with Crippen molar-refractivity contribution in [1.29, 1.82) is 0 Å². The number of hydrogen-bond acceptors (Lipinski definition) is 2. The molecule has 1 aromatic heterocycles. The molecule has 0 aliphatic rings. The highest BCUT2D eigenvalue weighted by Crippen LogP contribution is 2.07. The Morgan fingerprint density at radius 1 is 1.75 bits per heavy atom. The molecular formula is C8H9N3O. The minimum absolute atomic E-state index is 0.237. The number of carbonyl (C=O) groups is 1. The first-order valence-corrected chi connectivity index (χ1v) is 3.45. The highest BCUT2D eigenvalue weighted by atomic mass is 16.2. The Morgan fingerprint density at radius 3 is 3.00 bits per heavy atom. The van der Waals surface area contributed by atoms with E-state index in [1.165, 1.54) is 4.90 Å². The molecule has 0 radical (unpaired) electrons. The van der Waals surface area contributed by atoms with Crippen molar-refractivity contribution in [3.63, 3.8) is 0 Å². The fraction of sp³-hybridized carbons (Fsp3) is 0.250. The summed E-state index contributed by atoms with van der Waals surface area (Å²) in [5.74, 6) is 4.73. The lowest BCUT2D eigenvalue weighted by Crippen LogP contribution is -2.23. The van der Waals surface area contributed by atoms with Gasteiger partial charge in [-0.2, -0.15) is 5.10 Å². The number of nitrogens with one attached hydrogen (secondary N) is 1. The molecule has 0 aliphatic carbocycles. The summed E-state index contributed by atoms with van der Waals surface area (Å²) in [5, 5.41) is 6.33. The number of aromatic amines is 1. The topological polar surface area (TPSA) is 49.0 Å². The molecule has 12 heavy (non-hydrogen) atoms. The van der Waals surface area contributed by atoms with Gasteiger partial charge in [0.2, 0.25) is 0 Å². The van der Waals surface area contributed by atoms with Gasteiger partial charge in [-0.25, -0.2) is 0 Å². The van der Waals surface area contributed by atoms with Crippen LogP contribution in [0.5, 0.6) is 0 Å². The molecule has 4 heteroatoms. The first kappa shape index (κ1) is 8.34. The number of amides is 1. The minimum atomic E-state index is -0.237. The van der Waals surface area contributed by atoms with Crippen molar-refractivity contribution >= 4 is 11.6 Å². The van der Waals surface area contributed by atoms with Gasteiger partial charge in [-0.1, -0.05) is 5.92 Å². The first-order valence-electron chi connectivity index (χ1n) is 3.45. The van der Waals surface area contributed by atoms with E-state index in [4.69, 9.17) is 0 Å². The third-order valence-electron chi connectivity index (χ3n) is 1.41. The fourth-order valence-electron chi connectivity index (χ4n) is 0.736. The van der Waals surface area contributed by atoms with E-state index in [9.17, 15) is 4.79 Å². The first-order chi connectivity index (χ1) is 5.75. The summed E-state index contributed by atoms with van der Waals surface area (Å²) in [4.78, 5) is 12.6. The molecule has 0 atom stereocenters. The van der Waals surface area contributed by atoms with Crippen molar-refractivity contribution in [3.8, 4) is 11.8 Å². The molecule has 62 valence electrons. The van der Waals surface area contributed by atoms with Crippen molar-refractivity contribution in [2.24, 2.45) is 0 Å². The number of carbonyl (C=O) groups excluding carboxylic acids is 1. The van der Waals surface area contributed by atoms with Crippen LogP contribution < -0.4 is 4.90 Å². The van der Waals surface area contributed by atoms with Crippen LogP contribution in [0.4, 0.5) is 5.69 Å². The summed E-state index contributed by atoms with van der Waals surface area (Å²) < 4.78 is 0. The van der Waals surface area contributed by atoms with E-state index in [1.807, 2.05) is 0 Å². The van der Waals surface area contributed by atoms with Crippen molar-refractivity contribution in [2.45, 2.75) is 6.92 Å². The van der Waals surface area contributed by atoms with Crippen LogP contribution >= 0.6 is 0 Å². The zero-order valence-corrected chi connectivity index (χ0v) is 6.96. The van der Waals surface area contributed by atoms with Crippen LogP contribution in [0.25, 0.3) is 0 Å². The normalized spacial score (nSPS) is 8.50. The number of H-pyrrole nitrogens is 1. The molecule has 1 heterocycles. The Morgan fingerprint density at radius 2 is 2.50 bits per heavy atom. The zero-order chi connectivity index (χ0) is 8.97. The van der Waals surface area contributed by atoms with Crippen LogP contribution in [0.15, 0.2) is 12.4 Å². The standard InChI is InChI=1S/C8H9N3O/c1-3-4-8(12)11(2)7-5-9-10-6-7/h5-6H,1-2H3,(H,9,10). The molecule has 0 aromatic carbocycles. The van der Waals surface area contributed by atoms with Crippen LogP contribution in [0.1, 0.15) is 6.92 Å². The summed E-state index contributed by atoms with van der Waals surface area (Å²) in [7, 11) is 1.65. The van der Waals surface area contributed by atoms with Gasteiger partial charge in [0.25, 0.3) is 0 Å². The molecule has 0 saturated heterocycles. The van der Waals surface area contributed by atoms with Gasteiger partial charge >= 0.3 is 5.91 Å². The highest BCUT2D eigenvalue weighted by molar-refractivity contribution is 6.05. The number of nitrogens with zero attached hydrogens (tertiary/aromatic N) is 2. The van der Waals surface area contributed by atoms with Crippen molar-refractivity contribution in [2.75, 3.05) is 11.9 Å². The Bertz CT molecular complexity index is 318. The summed E-state index contributed by atoms with van der Waals surface area (Å²) in [6, 6.07) is 0. The summed E-state index contributed by atoms with van der Waals surface area (Å²) in [6.45, 7) is 1.63. The van der Waals surface area contributed by atoms with E-state index in [0.717, 1.165) is 0 Å². The Labute approximate surface area is 70.6 Å². The van der Waals surface area contributed by atoms with Crippen LogP contribution in [0.2, 0.25) is 0 Å². The van der Waals surface area contributed by atoms with Gasteiger partial charge in [0.1, 0.15) is 0 Å². The molecule has 1 rings (SSSR count). The average Bonchev–Trinajstić information content (AvgIpc) is 2.55. The number of aromatic nitrogens is 2. The SMILES string of the molecule is CC#CC(=O)N(C)c1cn[nH]c1. The molecule has 0 bridgehead atoms. The zero-order valence-electron chi connectivity index (χ0n) is 6.96. The van der Waals surface area contributed by atoms with E-state index < -0.39 is 0 Å². The van der Waals surface area contributed by atoms with Crippen LogP contribution in [-0.2, 0) is 4.79 Å². The second kappa shape index (κ2) is 3.58. The minimum Gasteiger partial charge on any atom is -0.302 e. The average molecular weight is 163 g/mol. The second-order valence-corrected chi connectivity index (χ2v) is 2.20. The maximum Gasteiger partial charge on any atom is 0.302 e.